The third kappa shape index (κ3) is 1.19. The van der Waals surface area contributed by atoms with Gasteiger partial charge in [0, 0.05) is 0 Å². The highest BCUT2D eigenvalue weighted by molar-refractivity contribution is 5.83. The highest BCUT2D eigenvalue weighted by Gasteiger charge is 2.18. The van der Waals surface area contributed by atoms with Crippen LogP contribution in [0.4, 0.5) is 0 Å². The highest BCUT2D eigenvalue weighted by atomic mass is 16.5. The summed E-state index contributed by atoms with van der Waals surface area (Å²) in [7, 11) is 0. The molecule has 0 amide bonds. The lowest BCUT2D eigenvalue weighted by atomic mass is 10.0. The Balaban J connectivity index is 2.39. The minimum absolute atomic E-state index is 0.0412. The Morgan fingerprint density at radius 2 is 2.25 bits per heavy atom. The monoisotopic (exact) mass is 218 g/mol. The molecule has 0 bridgehead atoms. The van der Waals surface area contributed by atoms with Crippen LogP contribution in [0.1, 0.15) is 25.3 Å². The molecule has 1 aliphatic rings. The molecule has 4 nitrogen and oxygen atoms in total. The smallest absolute Gasteiger partial charge is 0.326 e. The molecule has 4 heteroatoms. The first-order valence-electron chi connectivity index (χ1n) is 5.56. The van der Waals surface area contributed by atoms with Crippen LogP contribution in [0.25, 0.3) is 11.0 Å². The van der Waals surface area contributed by atoms with Gasteiger partial charge in [-0.1, -0.05) is 13.8 Å². The van der Waals surface area contributed by atoms with Gasteiger partial charge in [0.25, 0.3) is 0 Å². The molecule has 2 aromatic rings. The van der Waals surface area contributed by atoms with E-state index in [4.69, 9.17) is 4.74 Å². The molecular formula is C12H14N2O2. The molecule has 3 rings (SSSR count). The van der Waals surface area contributed by atoms with Crippen LogP contribution in [0.3, 0.4) is 0 Å². The molecule has 1 N–H and O–H groups in total. The Morgan fingerprint density at radius 3 is 3.00 bits per heavy atom. The summed E-state index contributed by atoms with van der Waals surface area (Å²) in [4.78, 5) is 14.6. The maximum absolute atomic E-state index is 11.7. The lowest BCUT2D eigenvalue weighted by Crippen LogP contribution is -2.23. The normalized spacial score (nSPS) is 14.4. The van der Waals surface area contributed by atoms with Crippen molar-refractivity contribution in [3.8, 4) is 5.75 Å². The van der Waals surface area contributed by atoms with Gasteiger partial charge >= 0.3 is 5.69 Å². The summed E-state index contributed by atoms with van der Waals surface area (Å²) in [5.41, 5.74) is 2.94. The number of nitrogens with one attached hydrogen (secondary N) is 1. The molecule has 0 aliphatic carbocycles. The number of ether oxygens (including phenoxy) is 1. The molecular weight excluding hydrogens is 204 g/mol. The number of aromatic amines is 1. The average molecular weight is 218 g/mol. The van der Waals surface area contributed by atoms with Gasteiger partial charge in [0.2, 0.25) is 0 Å². The zero-order chi connectivity index (χ0) is 11.3. The fourth-order valence-corrected chi connectivity index (χ4v) is 2.19. The number of H-pyrrole nitrogens is 1. The van der Waals surface area contributed by atoms with Gasteiger partial charge in [-0.15, -0.1) is 0 Å². The van der Waals surface area contributed by atoms with Gasteiger partial charge in [-0.05, 0) is 23.6 Å². The van der Waals surface area contributed by atoms with Gasteiger partial charge in [-0.3, -0.25) is 4.57 Å². The van der Waals surface area contributed by atoms with E-state index in [1.54, 1.807) is 4.57 Å². The van der Waals surface area contributed by atoms with Crippen LogP contribution < -0.4 is 10.4 Å². The largest absolute Gasteiger partial charge is 0.489 e. The Kier molecular flexibility index (Phi) is 1.87. The summed E-state index contributed by atoms with van der Waals surface area (Å²) < 4.78 is 7.37. The second-order valence-electron chi connectivity index (χ2n) is 4.50. The molecule has 0 saturated heterocycles. The summed E-state index contributed by atoms with van der Waals surface area (Å²) >= 11 is 0. The molecule has 1 aromatic carbocycles. The van der Waals surface area contributed by atoms with Crippen molar-refractivity contribution in [2.45, 2.75) is 26.3 Å². The predicted octanol–water partition coefficient (Wildman–Crippen LogP) is 1.85. The van der Waals surface area contributed by atoms with E-state index in [9.17, 15) is 4.79 Å². The van der Waals surface area contributed by atoms with E-state index in [-0.39, 0.29) is 5.69 Å². The Labute approximate surface area is 92.8 Å². The number of hydrogen-bond acceptors (Lipinski definition) is 2. The molecule has 0 atom stereocenters. The van der Waals surface area contributed by atoms with Crippen LogP contribution in [0.5, 0.6) is 5.75 Å². The number of hydrogen-bond donors (Lipinski definition) is 1. The quantitative estimate of drug-likeness (QED) is 0.794. The second-order valence-corrected chi connectivity index (χ2v) is 4.50. The molecule has 1 aliphatic heterocycles. The fraction of sp³-hybridized carbons (Fsp3) is 0.417. The van der Waals surface area contributed by atoms with E-state index in [1.807, 2.05) is 12.1 Å². The SMILES string of the molecule is CC(C)c1cc2c3c(c1)[nH]c(=O)n3CCO2. The summed E-state index contributed by atoms with van der Waals surface area (Å²) in [6.45, 7) is 5.46. The van der Waals surface area contributed by atoms with Gasteiger partial charge in [-0.2, -0.15) is 0 Å². The molecule has 0 unspecified atom stereocenters. The maximum Gasteiger partial charge on any atom is 0.326 e. The van der Waals surface area contributed by atoms with Crippen molar-refractivity contribution >= 4 is 11.0 Å². The number of imidazole rings is 1. The zero-order valence-corrected chi connectivity index (χ0v) is 9.41. The van der Waals surface area contributed by atoms with E-state index >= 15 is 0 Å². The molecule has 1 aromatic heterocycles. The zero-order valence-electron chi connectivity index (χ0n) is 9.41. The molecule has 16 heavy (non-hydrogen) atoms. The van der Waals surface area contributed by atoms with E-state index in [0.717, 1.165) is 16.8 Å². The van der Waals surface area contributed by atoms with Gasteiger partial charge < -0.3 is 9.72 Å². The van der Waals surface area contributed by atoms with Crippen molar-refractivity contribution in [1.82, 2.24) is 9.55 Å². The van der Waals surface area contributed by atoms with Crippen molar-refractivity contribution < 1.29 is 4.74 Å². The summed E-state index contributed by atoms with van der Waals surface area (Å²) in [6.07, 6.45) is 0. The van der Waals surface area contributed by atoms with Gasteiger partial charge in [0.1, 0.15) is 17.9 Å². The first-order valence-corrected chi connectivity index (χ1v) is 5.56. The van der Waals surface area contributed by atoms with Crippen molar-refractivity contribution in [1.29, 1.82) is 0 Å². The van der Waals surface area contributed by atoms with Crippen LogP contribution in [-0.2, 0) is 6.54 Å². The van der Waals surface area contributed by atoms with Crippen LogP contribution in [-0.4, -0.2) is 16.2 Å². The minimum Gasteiger partial charge on any atom is -0.489 e. The van der Waals surface area contributed by atoms with Crippen molar-refractivity contribution in [3.63, 3.8) is 0 Å². The second kappa shape index (κ2) is 3.14. The number of nitrogens with zero attached hydrogens (tertiary/aromatic N) is 1. The Bertz CT molecular complexity index is 607. The molecule has 0 fully saturated rings. The average Bonchev–Trinajstić information content (AvgIpc) is 2.58. The van der Waals surface area contributed by atoms with Crippen molar-refractivity contribution in [2.75, 3.05) is 6.61 Å². The number of aromatic nitrogens is 2. The molecule has 2 heterocycles. The van der Waals surface area contributed by atoms with Crippen molar-refractivity contribution in [2.24, 2.45) is 0 Å². The van der Waals surface area contributed by atoms with E-state index in [1.165, 1.54) is 5.56 Å². The third-order valence-corrected chi connectivity index (χ3v) is 3.09. The molecule has 0 saturated carbocycles. The van der Waals surface area contributed by atoms with Gasteiger partial charge in [0.15, 0.2) is 0 Å². The summed E-state index contributed by atoms with van der Waals surface area (Å²) in [5.74, 6) is 1.25. The van der Waals surface area contributed by atoms with Crippen LogP contribution in [0.2, 0.25) is 0 Å². The van der Waals surface area contributed by atoms with Crippen LogP contribution in [0.15, 0.2) is 16.9 Å². The first kappa shape index (κ1) is 9.51. The highest BCUT2D eigenvalue weighted by Crippen LogP contribution is 2.31. The third-order valence-electron chi connectivity index (χ3n) is 3.09. The number of benzene rings is 1. The molecule has 84 valence electrons. The van der Waals surface area contributed by atoms with Gasteiger partial charge in [-0.25, -0.2) is 4.79 Å². The van der Waals surface area contributed by atoms with E-state index < -0.39 is 0 Å². The predicted molar refractivity (Wildman–Crippen MR) is 62.1 cm³/mol. The topological polar surface area (TPSA) is 47.0 Å². The van der Waals surface area contributed by atoms with E-state index in [0.29, 0.717) is 19.1 Å². The van der Waals surface area contributed by atoms with Crippen LogP contribution in [0, 0.1) is 0 Å². The van der Waals surface area contributed by atoms with Gasteiger partial charge in [0.05, 0.1) is 12.1 Å². The summed E-state index contributed by atoms with van der Waals surface area (Å²) in [6, 6.07) is 4.08. The van der Waals surface area contributed by atoms with Crippen molar-refractivity contribution in [3.05, 3.63) is 28.2 Å². The summed E-state index contributed by atoms with van der Waals surface area (Å²) in [5, 5.41) is 0. The number of rotatable bonds is 1. The van der Waals surface area contributed by atoms with E-state index in [2.05, 4.69) is 18.8 Å². The lowest BCUT2D eigenvalue weighted by Gasteiger charge is -2.17. The van der Waals surface area contributed by atoms with Crippen LogP contribution >= 0.6 is 0 Å². The Hall–Kier alpha value is -1.71. The molecule has 0 spiro atoms. The minimum atomic E-state index is -0.0412. The fourth-order valence-electron chi connectivity index (χ4n) is 2.19. The Morgan fingerprint density at radius 1 is 1.44 bits per heavy atom. The standard InChI is InChI=1S/C12H14N2O2/c1-7(2)8-5-9-11-10(6-8)16-4-3-14(11)12(15)13-9/h5-7H,3-4H2,1-2H3,(H,13,15). The first-order chi connectivity index (χ1) is 7.66. The maximum atomic E-state index is 11.7. The lowest BCUT2D eigenvalue weighted by molar-refractivity contribution is 0.284. The molecule has 0 radical (unpaired) electrons.